The number of nitrogens with zero attached hydrogens (tertiary/aromatic N) is 3. The lowest BCUT2D eigenvalue weighted by atomic mass is 10.2. The third-order valence-corrected chi connectivity index (χ3v) is 4.59. The topological polar surface area (TPSA) is 33.1 Å². The van der Waals surface area contributed by atoms with Crippen LogP contribution >= 0.6 is 12.4 Å². The first kappa shape index (κ1) is 15.5. The molecule has 2 fully saturated rings. The van der Waals surface area contributed by atoms with Gasteiger partial charge in [0.05, 0.1) is 6.54 Å². The summed E-state index contributed by atoms with van der Waals surface area (Å²) in [5.74, 6) is 1.15. The Bertz CT molecular complexity index is 588. The van der Waals surface area contributed by atoms with Crippen LogP contribution in [0, 0.1) is 0 Å². The second-order valence-electron chi connectivity index (χ2n) is 6.10. The molecule has 118 valence electrons. The lowest BCUT2D eigenvalue weighted by Gasteiger charge is -2.28. The smallest absolute Gasteiger partial charge is 0.127 e. The predicted octanol–water partition coefficient (Wildman–Crippen LogP) is 2.62. The molecule has 1 aromatic carbocycles. The molecule has 1 aliphatic heterocycles. The Morgan fingerprint density at radius 3 is 2.64 bits per heavy atom. The highest BCUT2D eigenvalue weighted by Gasteiger charge is 2.35. The molecule has 2 aliphatic rings. The molecule has 22 heavy (non-hydrogen) atoms. The van der Waals surface area contributed by atoms with E-state index >= 15 is 0 Å². The van der Waals surface area contributed by atoms with Gasteiger partial charge in [-0.1, -0.05) is 18.2 Å². The third-order valence-electron chi connectivity index (χ3n) is 4.59. The Kier molecular flexibility index (Phi) is 4.81. The second kappa shape index (κ2) is 6.82. The van der Waals surface area contributed by atoms with Gasteiger partial charge in [-0.2, -0.15) is 0 Å². The Hall–Kier alpha value is -1.36. The fraction of sp³-hybridized carbons (Fsp3) is 0.471. The zero-order valence-electron chi connectivity index (χ0n) is 12.7. The lowest BCUT2D eigenvalue weighted by Crippen LogP contribution is -2.38. The lowest BCUT2D eigenvalue weighted by molar-refractivity contribution is 0.183. The number of nitrogens with one attached hydrogen (secondary N) is 1. The van der Waals surface area contributed by atoms with Crippen LogP contribution in [0.4, 0.5) is 0 Å². The largest absolute Gasteiger partial charge is 0.315 e. The first-order valence-electron chi connectivity index (χ1n) is 7.96. The number of halogens is 1. The summed E-state index contributed by atoms with van der Waals surface area (Å²) in [4.78, 5) is 7.28. The molecule has 0 amide bonds. The van der Waals surface area contributed by atoms with E-state index in [9.17, 15) is 0 Å². The van der Waals surface area contributed by atoms with Crippen molar-refractivity contribution in [3.63, 3.8) is 0 Å². The van der Waals surface area contributed by atoms with Crippen molar-refractivity contribution in [2.45, 2.75) is 37.9 Å². The van der Waals surface area contributed by atoms with E-state index in [1.165, 1.54) is 24.9 Å². The van der Waals surface area contributed by atoms with Crippen LogP contribution in [-0.4, -0.2) is 39.6 Å². The van der Waals surface area contributed by atoms with Gasteiger partial charge in [0.1, 0.15) is 5.82 Å². The van der Waals surface area contributed by atoms with Crippen LogP contribution in [-0.2, 0) is 6.54 Å². The molecular weight excluding hydrogens is 296 g/mol. The van der Waals surface area contributed by atoms with E-state index < -0.39 is 0 Å². The number of imidazole rings is 1. The van der Waals surface area contributed by atoms with Crippen LogP contribution in [0.1, 0.15) is 25.1 Å². The summed E-state index contributed by atoms with van der Waals surface area (Å²) >= 11 is 0. The van der Waals surface area contributed by atoms with Crippen LogP contribution in [0.3, 0.4) is 0 Å². The summed E-state index contributed by atoms with van der Waals surface area (Å²) in [6.07, 6.45) is 7.95. The van der Waals surface area contributed by atoms with Gasteiger partial charge in [0, 0.05) is 36.7 Å². The molecule has 0 spiro atoms. The maximum Gasteiger partial charge on any atom is 0.127 e. The maximum absolute atomic E-state index is 4.61. The fourth-order valence-corrected chi connectivity index (χ4v) is 3.32. The standard InChI is InChI=1S/C17H22N4.ClH/c1-2-4-14(5-3-1)20-11-10-19-17(20)13-21(15-6-7-15)16-8-9-18-12-16;/h1-5,10-11,15-16,18H,6-9,12-13H2;1H. The van der Waals surface area contributed by atoms with Crippen molar-refractivity contribution >= 4 is 12.4 Å². The van der Waals surface area contributed by atoms with E-state index in [1.54, 1.807) is 0 Å². The minimum absolute atomic E-state index is 0. The number of benzene rings is 1. The van der Waals surface area contributed by atoms with Gasteiger partial charge in [-0.05, 0) is 37.9 Å². The van der Waals surface area contributed by atoms with E-state index in [2.05, 4.69) is 56.3 Å². The Morgan fingerprint density at radius 1 is 1.14 bits per heavy atom. The van der Waals surface area contributed by atoms with Gasteiger partial charge in [-0.15, -0.1) is 12.4 Å². The van der Waals surface area contributed by atoms with Gasteiger partial charge in [0.15, 0.2) is 0 Å². The molecular formula is C17H23ClN4. The molecule has 4 nitrogen and oxygen atoms in total. The van der Waals surface area contributed by atoms with Crippen LogP contribution in [0.15, 0.2) is 42.7 Å². The maximum atomic E-state index is 4.61. The quantitative estimate of drug-likeness (QED) is 0.920. The molecule has 1 saturated carbocycles. The van der Waals surface area contributed by atoms with Gasteiger partial charge in [0.25, 0.3) is 0 Å². The number of para-hydroxylation sites is 1. The molecule has 1 atom stereocenters. The van der Waals surface area contributed by atoms with Crippen molar-refractivity contribution in [2.24, 2.45) is 0 Å². The van der Waals surface area contributed by atoms with Crippen LogP contribution in [0.25, 0.3) is 5.69 Å². The molecule has 1 aliphatic carbocycles. The number of aromatic nitrogens is 2. The minimum atomic E-state index is 0. The highest BCUT2D eigenvalue weighted by atomic mass is 35.5. The monoisotopic (exact) mass is 318 g/mol. The second-order valence-corrected chi connectivity index (χ2v) is 6.10. The third kappa shape index (κ3) is 3.19. The molecule has 5 heteroatoms. The average Bonchev–Trinajstić information content (AvgIpc) is 3.03. The number of hydrogen-bond acceptors (Lipinski definition) is 3. The summed E-state index contributed by atoms with van der Waals surface area (Å²) in [5, 5.41) is 3.49. The van der Waals surface area contributed by atoms with Crippen molar-refractivity contribution < 1.29 is 0 Å². The number of hydrogen-bond donors (Lipinski definition) is 1. The van der Waals surface area contributed by atoms with Gasteiger partial charge >= 0.3 is 0 Å². The first-order valence-corrected chi connectivity index (χ1v) is 7.96. The van der Waals surface area contributed by atoms with Crippen molar-refractivity contribution in [3.05, 3.63) is 48.5 Å². The van der Waals surface area contributed by atoms with Gasteiger partial charge in [-0.25, -0.2) is 4.98 Å². The first-order chi connectivity index (χ1) is 10.4. The molecule has 1 aromatic heterocycles. The normalized spacial score (nSPS) is 21.0. The summed E-state index contributed by atoms with van der Waals surface area (Å²) in [7, 11) is 0. The molecule has 1 unspecified atom stereocenters. The average molecular weight is 319 g/mol. The molecule has 0 bridgehead atoms. The summed E-state index contributed by atoms with van der Waals surface area (Å²) in [5.41, 5.74) is 1.20. The molecule has 4 rings (SSSR count). The van der Waals surface area contributed by atoms with E-state index in [1.807, 2.05) is 6.20 Å². The van der Waals surface area contributed by atoms with Crippen molar-refractivity contribution in [1.82, 2.24) is 19.8 Å². The SMILES string of the molecule is Cl.c1ccc(-n2ccnc2CN(C2CC2)C2CCNC2)cc1. The minimum Gasteiger partial charge on any atom is -0.315 e. The van der Waals surface area contributed by atoms with Gasteiger partial charge in [0.2, 0.25) is 0 Å². The van der Waals surface area contributed by atoms with Crippen molar-refractivity contribution in [1.29, 1.82) is 0 Å². The van der Waals surface area contributed by atoms with E-state index in [-0.39, 0.29) is 12.4 Å². The van der Waals surface area contributed by atoms with E-state index in [4.69, 9.17) is 0 Å². The van der Waals surface area contributed by atoms with Crippen molar-refractivity contribution in [3.8, 4) is 5.69 Å². The molecule has 1 saturated heterocycles. The summed E-state index contributed by atoms with van der Waals surface area (Å²) in [6.45, 7) is 3.24. The zero-order valence-corrected chi connectivity index (χ0v) is 13.5. The Morgan fingerprint density at radius 2 is 1.95 bits per heavy atom. The molecule has 2 aromatic rings. The van der Waals surface area contributed by atoms with Crippen LogP contribution in [0.5, 0.6) is 0 Å². The van der Waals surface area contributed by atoms with Gasteiger partial charge in [-0.3, -0.25) is 4.90 Å². The molecule has 2 heterocycles. The zero-order chi connectivity index (χ0) is 14.1. The summed E-state index contributed by atoms with van der Waals surface area (Å²) in [6, 6.07) is 12.0. The number of rotatable bonds is 5. The van der Waals surface area contributed by atoms with Crippen molar-refractivity contribution in [2.75, 3.05) is 13.1 Å². The highest BCUT2D eigenvalue weighted by molar-refractivity contribution is 5.85. The molecule has 0 radical (unpaired) electrons. The predicted molar refractivity (Wildman–Crippen MR) is 90.7 cm³/mol. The Labute approximate surface area is 137 Å². The van der Waals surface area contributed by atoms with Crippen LogP contribution in [0.2, 0.25) is 0 Å². The van der Waals surface area contributed by atoms with Gasteiger partial charge < -0.3 is 9.88 Å². The Balaban J connectivity index is 0.00000144. The van der Waals surface area contributed by atoms with E-state index in [0.29, 0.717) is 6.04 Å². The highest BCUT2D eigenvalue weighted by Crippen LogP contribution is 2.31. The molecule has 1 N–H and O–H groups in total. The fourth-order valence-electron chi connectivity index (χ4n) is 3.32. The van der Waals surface area contributed by atoms with Crippen LogP contribution < -0.4 is 5.32 Å². The van der Waals surface area contributed by atoms with E-state index in [0.717, 1.165) is 31.5 Å². The summed E-state index contributed by atoms with van der Waals surface area (Å²) < 4.78 is 2.22.